The van der Waals surface area contributed by atoms with Crippen LogP contribution < -0.4 is 10.9 Å². The van der Waals surface area contributed by atoms with Crippen LogP contribution in [0.3, 0.4) is 0 Å². The van der Waals surface area contributed by atoms with Gasteiger partial charge in [-0.05, 0) is 24.3 Å². The molecule has 0 aliphatic heterocycles. The molecule has 2 aromatic carbocycles. The Balaban J connectivity index is 1.69. The summed E-state index contributed by atoms with van der Waals surface area (Å²) in [5.41, 5.74) is 1.25. The van der Waals surface area contributed by atoms with Crippen LogP contribution in [0.25, 0.3) is 27.8 Å². The number of rotatable bonds is 4. The maximum atomic E-state index is 14.4. The first-order chi connectivity index (χ1) is 14.6. The third kappa shape index (κ3) is 2.96. The molecule has 148 valence electrons. The van der Waals surface area contributed by atoms with E-state index in [4.69, 9.17) is 11.6 Å². The normalized spacial score (nSPS) is 11.3. The number of para-hydroxylation sites is 1. The van der Waals surface area contributed by atoms with Crippen molar-refractivity contribution in [3.8, 4) is 5.69 Å². The zero-order chi connectivity index (χ0) is 20.7. The summed E-state index contributed by atoms with van der Waals surface area (Å²) < 4.78 is 15.7. The molecule has 0 aliphatic rings. The quantitative estimate of drug-likeness (QED) is 0.461. The van der Waals surface area contributed by atoms with Crippen molar-refractivity contribution in [3.63, 3.8) is 0 Å². The highest BCUT2D eigenvalue weighted by molar-refractivity contribution is 6.32. The molecule has 5 aromatic rings. The van der Waals surface area contributed by atoms with Gasteiger partial charge in [0.15, 0.2) is 11.5 Å². The summed E-state index contributed by atoms with van der Waals surface area (Å²) in [4.78, 5) is 33.2. The third-order valence-electron chi connectivity index (χ3n) is 4.64. The largest absolute Gasteiger partial charge is 0.361 e. The molecule has 10 heteroatoms. The van der Waals surface area contributed by atoms with Gasteiger partial charge in [-0.2, -0.15) is 0 Å². The minimum atomic E-state index is -0.639. The Bertz CT molecular complexity index is 1460. The van der Waals surface area contributed by atoms with Gasteiger partial charge in [0.25, 0.3) is 5.56 Å². The van der Waals surface area contributed by atoms with Crippen molar-refractivity contribution >= 4 is 39.5 Å². The Morgan fingerprint density at radius 1 is 1.10 bits per heavy atom. The van der Waals surface area contributed by atoms with Crippen molar-refractivity contribution in [1.82, 2.24) is 29.5 Å². The number of hydrogen-bond donors (Lipinski definition) is 2. The van der Waals surface area contributed by atoms with Gasteiger partial charge in [-0.1, -0.05) is 29.8 Å². The number of anilines is 1. The number of aromatic nitrogens is 6. The average Bonchev–Trinajstić information content (AvgIpc) is 3.22. The summed E-state index contributed by atoms with van der Waals surface area (Å²) in [6, 6.07) is 11.2. The predicted molar refractivity (Wildman–Crippen MR) is 111 cm³/mol. The van der Waals surface area contributed by atoms with Gasteiger partial charge in [-0.15, -0.1) is 0 Å². The van der Waals surface area contributed by atoms with Gasteiger partial charge in [0.1, 0.15) is 28.9 Å². The Kier molecular flexibility index (Phi) is 4.36. The molecule has 0 bridgehead atoms. The molecule has 0 saturated carbocycles. The molecule has 0 fully saturated rings. The maximum Gasteiger partial charge on any atom is 0.269 e. The van der Waals surface area contributed by atoms with E-state index in [2.05, 4.69) is 30.2 Å². The number of nitrogens with zero attached hydrogens (tertiary/aromatic N) is 5. The van der Waals surface area contributed by atoms with Crippen LogP contribution in [-0.4, -0.2) is 29.5 Å². The molecule has 0 aliphatic carbocycles. The van der Waals surface area contributed by atoms with E-state index in [1.54, 1.807) is 30.3 Å². The highest BCUT2D eigenvalue weighted by Gasteiger charge is 2.17. The van der Waals surface area contributed by atoms with Crippen LogP contribution in [0.5, 0.6) is 0 Å². The molecule has 0 amide bonds. The van der Waals surface area contributed by atoms with Gasteiger partial charge < -0.3 is 10.3 Å². The van der Waals surface area contributed by atoms with Gasteiger partial charge in [0.05, 0.1) is 29.1 Å². The van der Waals surface area contributed by atoms with E-state index < -0.39 is 11.4 Å². The first-order valence-corrected chi connectivity index (χ1v) is 9.34. The topological polar surface area (TPSA) is 101 Å². The second kappa shape index (κ2) is 7.20. The fourth-order valence-corrected chi connectivity index (χ4v) is 3.51. The van der Waals surface area contributed by atoms with Gasteiger partial charge in [-0.25, -0.2) is 24.3 Å². The van der Waals surface area contributed by atoms with Gasteiger partial charge in [0.2, 0.25) is 0 Å². The summed E-state index contributed by atoms with van der Waals surface area (Å²) in [5.74, 6) is 0.174. The second-order valence-electron chi connectivity index (χ2n) is 6.43. The van der Waals surface area contributed by atoms with Gasteiger partial charge in [-0.3, -0.25) is 9.36 Å². The number of halogens is 2. The Labute approximate surface area is 173 Å². The molecule has 0 spiro atoms. The lowest BCUT2D eigenvalue weighted by Gasteiger charge is -2.15. The summed E-state index contributed by atoms with van der Waals surface area (Å²) in [5, 5.41) is 3.38. The molecule has 0 saturated heterocycles. The molecule has 3 heterocycles. The van der Waals surface area contributed by atoms with E-state index in [-0.39, 0.29) is 17.4 Å². The number of fused-ring (bicyclic) bond motifs is 2. The first-order valence-electron chi connectivity index (χ1n) is 8.96. The highest BCUT2D eigenvalue weighted by atomic mass is 35.5. The Morgan fingerprint density at radius 3 is 2.83 bits per heavy atom. The second-order valence-corrected chi connectivity index (χ2v) is 6.84. The van der Waals surface area contributed by atoms with Gasteiger partial charge in [0, 0.05) is 0 Å². The molecular formula is C20H13ClFN7O. The molecule has 5 rings (SSSR count). The van der Waals surface area contributed by atoms with Crippen molar-refractivity contribution < 1.29 is 4.39 Å². The van der Waals surface area contributed by atoms with Crippen molar-refractivity contribution in [3.05, 3.63) is 82.1 Å². The van der Waals surface area contributed by atoms with Crippen molar-refractivity contribution in [2.24, 2.45) is 0 Å². The van der Waals surface area contributed by atoms with E-state index in [9.17, 15) is 9.18 Å². The number of imidazole rings is 1. The van der Waals surface area contributed by atoms with E-state index in [0.29, 0.717) is 33.5 Å². The standard InChI is InChI=1S/C20H13ClFN7O/c21-11-4-1-2-7-14(11)29-15(28-13-6-3-5-12(22)16(13)20(29)30)8-23-18-17-19(25-9-24-17)27-10-26-18/h1-7,9-10H,8H2,(H2,23,24,25,26,27). The fourth-order valence-electron chi connectivity index (χ4n) is 3.29. The van der Waals surface area contributed by atoms with Gasteiger partial charge >= 0.3 is 0 Å². The molecule has 3 aromatic heterocycles. The number of H-pyrrole nitrogens is 1. The lowest BCUT2D eigenvalue weighted by Crippen LogP contribution is -2.26. The zero-order valence-electron chi connectivity index (χ0n) is 15.3. The van der Waals surface area contributed by atoms with Crippen LogP contribution in [0.4, 0.5) is 10.2 Å². The van der Waals surface area contributed by atoms with Crippen molar-refractivity contribution in [2.75, 3.05) is 5.32 Å². The van der Waals surface area contributed by atoms with Crippen LogP contribution in [-0.2, 0) is 6.54 Å². The summed E-state index contributed by atoms with van der Waals surface area (Å²) in [7, 11) is 0. The summed E-state index contributed by atoms with van der Waals surface area (Å²) in [6.45, 7) is 0.117. The number of hydrogen-bond acceptors (Lipinski definition) is 6. The molecule has 8 nitrogen and oxygen atoms in total. The van der Waals surface area contributed by atoms with Crippen LogP contribution in [0.1, 0.15) is 5.82 Å². The minimum Gasteiger partial charge on any atom is -0.361 e. The Hall–Kier alpha value is -3.85. The lowest BCUT2D eigenvalue weighted by atomic mass is 10.2. The molecule has 0 atom stereocenters. The molecular weight excluding hydrogens is 409 g/mol. The highest BCUT2D eigenvalue weighted by Crippen LogP contribution is 2.23. The van der Waals surface area contributed by atoms with Crippen LogP contribution in [0, 0.1) is 5.82 Å². The van der Waals surface area contributed by atoms with Crippen LogP contribution in [0.15, 0.2) is 59.9 Å². The third-order valence-corrected chi connectivity index (χ3v) is 4.96. The van der Waals surface area contributed by atoms with Crippen molar-refractivity contribution in [2.45, 2.75) is 6.54 Å². The van der Waals surface area contributed by atoms with E-state index in [1.165, 1.54) is 29.4 Å². The molecule has 0 unspecified atom stereocenters. The molecule has 2 N–H and O–H groups in total. The molecule has 30 heavy (non-hydrogen) atoms. The Morgan fingerprint density at radius 2 is 1.97 bits per heavy atom. The number of benzene rings is 2. The monoisotopic (exact) mass is 421 g/mol. The smallest absolute Gasteiger partial charge is 0.269 e. The predicted octanol–water partition coefficient (Wildman–Crippen LogP) is 3.46. The van der Waals surface area contributed by atoms with Crippen LogP contribution in [0.2, 0.25) is 5.02 Å². The summed E-state index contributed by atoms with van der Waals surface area (Å²) in [6.07, 6.45) is 2.91. The molecule has 0 radical (unpaired) electrons. The average molecular weight is 422 g/mol. The van der Waals surface area contributed by atoms with E-state index in [0.717, 1.165) is 0 Å². The zero-order valence-corrected chi connectivity index (χ0v) is 16.1. The van der Waals surface area contributed by atoms with E-state index >= 15 is 0 Å². The first kappa shape index (κ1) is 18.2. The van der Waals surface area contributed by atoms with Crippen LogP contribution >= 0.6 is 11.6 Å². The SMILES string of the molecule is O=c1c2c(F)cccc2nc(CNc2ncnc3[nH]cnc23)n1-c1ccccc1Cl. The number of nitrogens with one attached hydrogen (secondary N) is 2. The summed E-state index contributed by atoms with van der Waals surface area (Å²) >= 11 is 6.34. The minimum absolute atomic E-state index is 0.0992. The lowest BCUT2D eigenvalue weighted by molar-refractivity contribution is 0.636. The fraction of sp³-hybridized carbons (Fsp3) is 0.0500. The number of aromatic amines is 1. The maximum absolute atomic E-state index is 14.4. The van der Waals surface area contributed by atoms with Crippen molar-refractivity contribution in [1.29, 1.82) is 0 Å². The van der Waals surface area contributed by atoms with E-state index in [1.807, 2.05) is 0 Å².